The fourth-order valence-electron chi connectivity index (χ4n) is 2.34. The van der Waals surface area contributed by atoms with Crippen LogP contribution in [0, 0.1) is 5.92 Å². The molecule has 1 heterocycles. The van der Waals surface area contributed by atoms with E-state index < -0.39 is 12.8 Å². The highest BCUT2D eigenvalue weighted by atomic mass is 19.4. The van der Waals surface area contributed by atoms with Gasteiger partial charge in [0.15, 0.2) is 0 Å². The SMILES string of the molecule is CCC1NC(CC(C)C)C(=O)N1CCOCC(F)(F)F. The van der Waals surface area contributed by atoms with Crippen molar-refractivity contribution in [1.82, 2.24) is 10.2 Å². The fourth-order valence-corrected chi connectivity index (χ4v) is 2.34. The van der Waals surface area contributed by atoms with Crippen molar-refractivity contribution < 1.29 is 22.7 Å². The highest BCUT2D eigenvalue weighted by molar-refractivity contribution is 5.84. The summed E-state index contributed by atoms with van der Waals surface area (Å²) in [6.07, 6.45) is -2.98. The smallest absolute Gasteiger partial charge is 0.370 e. The predicted molar refractivity (Wildman–Crippen MR) is 69.0 cm³/mol. The van der Waals surface area contributed by atoms with Crippen molar-refractivity contribution in [3.63, 3.8) is 0 Å². The molecule has 1 rings (SSSR count). The largest absolute Gasteiger partial charge is 0.411 e. The number of hydrogen-bond donors (Lipinski definition) is 1. The van der Waals surface area contributed by atoms with Crippen LogP contribution in [-0.2, 0) is 9.53 Å². The zero-order valence-corrected chi connectivity index (χ0v) is 12.2. The van der Waals surface area contributed by atoms with Crippen LogP contribution < -0.4 is 5.32 Å². The van der Waals surface area contributed by atoms with Crippen molar-refractivity contribution >= 4 is 5.91 Å². The van der Waals surface area contributed by atoms with Gasteiger partial charge in [0.25, 0.3) is 0 Å². The Bertz CT molecular complexity index is 321. The summed E-state index contributed by atoms with van der Waals surface area (Å²) in [6.45, 7) is 4.82. The molecule has 0 bridgehead atoms. The zero-order chi connectivity index (χ0) is 15.3. The molecule has 1 aliphatic rings. The van der Waals surface area contributed by atoms with Crippen molar-refractivity contribution in [2.45, 2.75) is 52.0 Å². The van der Waals surface area contributed by atoms with E-state index in [9.17, 15) is 18.0 Å². The van der Waals surface area contributed by atoms with Gasteiger partial charge >= 0.3 is 6.18 Å². The van der Waals surface area contributed by atoms with Gasteiger partial charge in [-0.3, -0.25) is 10.1 Å². The van der Waals surface area contributed by atoms with E-state index in [2.05, 4.69) is 10.1 Å². The number of rotatable bonds is 7. The average Bonchev–Trinajstić information content (AvgIpc) is 2.60. The van der Waals surface area contributed by atoms with Gasteiger partial charge in [0.05, 0.1) is 18.8 Å². The van der Waals surface area contributed by atoms with Gasteiger partial charge in [0.2, 0.25) is 5.91 Å². The standard InChI is InChI=1S/C13H23F3N2O2/c1-4-11-17-10(7-9(2)3)12(19)18(11)5-6-20-8-13(14,15)16/h9-11,17H,4-8H2,1-3H3. The van der Waals surface area contributed by atoms with Crippen LogP contribution in [0.2, 0.25) is 0 Å². The molecule has 1 fully saturated rings. The van der Waals surface area contributed by atoms with Crippen molar-refractivity contribution in [3.05, 3.63) is 0 Å². The molecule has 1 amide bonds. The van der Waals surface area contributed by atoms with E-state index in [4.69, 9.17) is 0 Å². The summed E-state index contributed by atoms with van der Waals surface area (Å²) >= 11 is 0. The van der Waals surface area contributed by atoms with E-state index >= 15 is 0 Å². The van der Waals surface area contributed by atoms with E-state index in [1.54, 1.807) is 4.90 Å². The Hall–Kier alpha value is -0.820. The van der Waals surface area contributed by atoms with Gasteiger partial charge in [-0.25, -0.2) is 0 Å². The number of amides is 1. The molecule has 1 saturated heterocycles. The molecule has 0 spiro atoms. The Labute approximate surface area is 117 Å². The van der Waals surface area contributed by atoms with Crippen LogP contribution in [0.5, 0.6) is 0 Å². The van der Waals surface area contributed by atoms with Crippen LogP contribution in [0.4, 0.5) is 13.2 Å². The fraction of sp³-hybridized carbons (Fsp3) is 0.923. The van der Waals surface area contributed by atoms with Gasteiger partial charge in [-0.1, -0.05) is 20.8 Å². The third-order valence-corrected chi connectivity index (χ3v) is 3.19. The summed E-state index contributed by atoms with van der Waals surface area (Å²) in [5.41, 5.74) is 0. The van der Waals surface area contributed by atoms with Gasteiger partial charge in [0.1, 0.15) is 6.61 Å². The second-order valence-electron chi connectivity index (χ2n) is 5.47. The van der Waals surface area contributed by atoms with Crippen molar-refractivity contribution in [2.24, 2.45) is 5.92 Å². The van der Waals surface area contributed by atoms with Gasteiger partial charge < -0.3 is 9.64 Å². The molecule has 2 atom stereocenters. The van der Waals surface area contributed by atoms with Crippen LogP contribution in [0.3, 0.4) is 0 Å². The number of carbonyl (C=O) groups is 1. The summed E-state index contributed by atoms with van der Waals surface area (Å²) in [7, 11) is 0. The van der Waals surface area contributed by atoms with Crippen molar-refractivity contribution in [1.29, 1.82) is 0 Å². The average molecular weight is 296 g/mol. The first-order valence-corrected chi connectivity index (χ1v) is 6.95. The number of ether oxygens (including phenoxy) is 1. The molecule has 7 heteroatoms. The second kappa shape index (κ2) is 7.26. The van der Waals surface area contributed by atoms with E-state index in [1.165, 1.54) is 0 Å². The zero-order valence-electron chi connectivity index (χ0n) is 12.2. The number of carbonyl (C=O) groups excluding carboxylic acids is 1. The summed E-state index contributed by atoms with van der Waals surface area (Å²) < 4.78 is 40.5. The summed E-state index contributed by atoms with van der Waals surface area (Å²) in [5.74, 6) is 0.344. The first-order valence-electron chi connectivity index (χ1n) is 6.95. The van der Waals surface area contributed by atoms with Crippen LogP contribution >= 0.6 is 0 Å². The van der Waals surface area contributed by atoms with Gasteiger partial charge in [0, 0.05) is 6.54 Å². The quantitative estimate of drug-likeness (QED) is 0.732. The lowest BCUT2D eigenvalue weighted by Gasteiger charge is -2.23. The summed E-state index contributed by atoms with van der Waals surface area (Å²) in [5, 5.41) is 3.23. The molecule has 0 aromatic heterocycles. The molecule has 20 heavy (non-hydrogen) atoms. The minimum Gasteiger partial charge on any atom is -0.370 e. The minimum absolute atomic E-state index is 0.0406. The normalized spacial score (nSPS) is 23.9. The topological polar surface area (TPSA) is 41.6 Å². The third-order valence-electron chi connectivity index (χ3n) is 3.19. The highest BCUT2D eigenvalue weighted by Gasteiger charge is 2.37. The Morgan fingerprint density at radius 3 is 2.55 bits per heavy atom. The Morgan fingerprint density at radius 2 is 2.05 bits per heavy atom. The van der Waals surface area contributed by atoms with Gasteiger partial charge in [-0.15, -0.1) is 0 Å². The first-order chi connectivity index (χ1) is 9.24. The highest BCUT2D eigenvalue weighted by Crippen LogP contribution is 2.19. The molecule has 1 N–H and O–H groups in total. The molecular weight excluding hydrogens is 273 g/mol. The molecule has 118 valence electrons. The van der Waals surface area contributed by atoms with Crippen LogP contribution in [0.1, 0.15) is 33.6 Å². The third kappa shape index (κ3) is 5.28. The second-order valence-corrected chi connectivity index (χ2v) is 5.47. The molecule has 0 aromatic rings. The van der Waals surface area contributed by atoms with Gasteiger partial charge in [-0.05, 0) is 18.8 Å². The maximum absolute atomic E-state index is 12.2. The predicted octanol–water partition coefficient (Wildman–Crippen LogP) is 2.15. The van der Waals surface area contributed by atoms with Crippen molar-refractivity contribution in [2.75, 3.05) is 19.8 Å². The Morgan fingerprint density at radius 1 is 1.40 bits per heavy atom. The Kier molecular flexibility index (Phi) is 6.26. The van der Waals surface area contributed by atoms with E-state index in [-0.39, 0.29) is 31.3 Å². The maximum atomic E-state index is 12.2. The van der Waals surface area contributed by atoms with E-state index in [1.807, 2.05) is 20.8 Å². The molecule has 0 aromatic carbocycles. The number of alkyl halides is 3. The monoisotopic (exact) mass is 296 g/mol. The van der Waals surface area contributed by atoms with Crippen LogP contribution in [0.25, 0.3) is 0 Å². The first kappa shape index (κ1) is 17.2. The molecule has 0 radical (unpaired) electrons. The summed E-state index contributed by atoms with van der Waals surface area (Å²) in [6, 6.07) is -0.234. The Balaban J connectivity index is 2.44. The molecule has 0 saturated carbocycles. The minimum atomic E-state index is -4.32. The molecule has 4 nitrogen and oxygen atoms in total. The van der Waals surface area contributed by atoms with E-state index in [0.29, 0.717) is 5.92 Å². The molecule has 0 aliphatic carbocycles. The lowest BCUT2D eigenvalue weighted by atomic mass is 10.0. The molecule has 1 aliphatic heterocycles. The lowest BCUT2D eigenvalue weighted by molar-refractivity contribution is -0.175. The van der Waals surface area contributed by atoms with Crippen LogP contribution in [0.15, 0.2) is 0 Å². The number of halogens is 3. The lowest BCUT2D eigenvalue weighted by Crippen LogP contribution is -2.39. The summed E-state index contributed by atoms with van der Waals surface area (Å²) in [4.78, 5) is 13.8. The molecular formula is C13H23F3N2O2. The van der Waals surface area contributed by atoms with E-state index in [0.717, 1.165) is 12.8 Å². The number of nitrogens with one attached hydrogen (secondary N) is 1. The van der Waals surface area contributed by atoms with Gasteiger partial charge in [-0.2, -0.15) is 13.2 Å². The maximum Gasteiger partial charge on any atom is 0.411 e. The number of hydrogen-bond acceptors (Lipinski definition) is 3. The van der Waals surface area contributed by atoms with Crippen molar-refractivity contribution in [3.8, 4) is 0 Å². The van der Waals surface area contributed by atoms with Crippen LogP contribution in [-0.4, -0.2) is 48.9 Å². The number of nitrogens with zero attached hydrogens (tertiary/aromatic N) is 1. The molecule has 2 unspecified atom stereocenters.